The third-order valence-corrected chi connectivity index (χ3v) is 5.42. The van der Waals surface area contributed by atoms with Gasteiger partial charge in [0.1, 0.15) is 6.04 Å². The van der Waals surface area contributed by atoms with Crippen LogP contribution in [0.15, 0.2) is 24.3 Å². The number of rotatable bonds is 1. The molecule has 1 spiro atoms. The molecule has 22 heavy (non-hydrogen) atoms. The van der Waals surface area contributed by atoms with E-state index in [1.807, 2.05) is 18.2 Å². The molecule has 4 rings (SSSR count). The molecule has 0 bridgehead atoms. The van der Waals surface area contributed by atoms with Crippen molar-refractivity contribution in [3.63, 3.8) is 0 Å². The van der Waals surface area contributed by atoms with E-state index in [4.69, 9.17) is 4.74 Å². The number of nitrogens with zero attached hydrogens (tertiary/aromatic N) is 2. The average molecular weight is 300 g/mol. The third kappa shape index (κ3) is 1.66. The average Bonchev–Trinajstić information content (AvgIpc) is 3.03. The van der Waals surface area contributed by atoms with Gasteiger partial charge in [0.25, 0.3) is 0 Å². The first-order valence-corrected chi connectivity index (χ1v) is 7.88. The Balaban J connectivity index is 1.85. The largest absolute Gasteiger partial charge is 0.379 e. The fraction of sp³-hybridized carbons (Fsp3) is 0.529. The summed E-state index contributed by atoms with van der Waals surface area (Å²) in [5, 5.41) is 0. The monoisotopic (exact) mass is 300 g/mol. The van der Waals surface area contributed by atoms with Gasteiger partial charge >= 0.3 is 0 Å². The van der Waals surface area contributed by atoms with Gasteiger partial charge in [-0.1, -0.05) is 24.3 Å². The maximum Gasteiger partial charge on any atom is 0.247 e. The molecule has 1 aliphatic carbocycles. The Morgan fingerprint density at radius 3 is 2.68 bits per heavy atom. The number of amides is 2. The molecule has 0 aromatic heterocycles. The van der Waals surface area contributed by atoms with Gasteiger partial charge in [0.15, 0.2) is 0 Å². The second-order valence-corrected chi connectivity index (χ2v) is 6.38. The van der Waals surface area contributed by atoms with Crippen molar-refractivity contribution in [1.82, 2.24) is 9.80 Å². The van der Waals surface area contributed by atoms with Crippen molar-refractivity contribution >= 4 is 11.8 Å². The van der Waals surface area contributed by atoms with E-state index in [1.54, 1.807) is 7.05 Å². The highest BCUT2D eigenvalue weighted by Gasteiger charge is 2.63. The van der Waals surface area contributed by atoms with Crippen molar-refractivity contribution in [2.24, 2.45) is 0 Å². The molecule has 5 nitrogen and oxygen atoms in total. The van der Waals surface area contributed by atoms with E-state index in [0.717, 1.165) is 18.4 Å². The maximum absolute atomic E-state index is 13.0. The summed E-state index contributed by atoms with van der Waals surface area (Å²) in [7, 11) is 1.62. The zero-order chi connectivity index (χ0) is 15.3. The van der Waals surface area contributed by atoms with E-state index in [9.17, 15) is 9.59 Å². The van der Waals surface area contributed by atoms with Gasteiger partial charge in [-0.3, -0.25) is 19.4 Å². The van der Waals surface area contributed by atoms with E-state index >= 15 is 0 Å². The van der Waals surface area contributed by atoms with Crippen molar-refractivity contribution < 1.29 is 14.3 Å². The lowest BCUT2D eigenvalue weighted by molar-refractivity contribution is -0.139. The lowest BCUT2D eigenvalue weighted by Crippen LogP contribution is -2.55. The molecule has 0 N–H and O–H groups in total. The Bertz CT molecular complexity index is 639. The Kier molecular flexibility index (Phi) is 3.09. The zero-order valence-electron chi connectivity index (χ0n) is 12.7. The van der Waals surface area contributed by atoms with Crippen LogP contribution in [-0.4, -0.2) is 61.0 Å². The molecule has 2 heterocycles. The van der Waals surface area contributed by atoms with Gasteiger partial charge < -0.3 is 4.74 Å². The Hall–Kier alpha value is -1.72. The predicted molar refractivity (Wildman–Crippen MR) is 80.4 cm³/mol. The number of imide groups is 1. The number of hydrogen-bond donors (Lipinski definition) is 0. The number of carbonyl (C=O) groups is 2. The fourth-order valence-electron chi connectivity index (χ4n) is 4.36. The number of hydrogen-bond acceptors (Lipinski definition) is 4. The molecular formula is C17H20N2O3. The lowest BCUT2D eigenvalue weighted by atomic mass is 9.75. The van der Waals surface area contributed by atoms with Crippen LogP contribution in [-0.2, 0) is 26.2 Å². The minimum Gasteiger partial charge on any atom is -0.379 e. The van der Waals surface area contributed by atoms with Crippen molar-refractivity contribution in [1.29, 1.82) is 0 Å². The van der Waals surface area contributed by atoms with Crippen molar-refractivity contribution in [2.75, 3.05) is 33.4 Å². The number of benzene rings is 1. The summed E-state index contributed by atoms with van der Waals surface area (Å²) in [4.78, 5) is 29.3. The predicted octanol–water partition coefficient (Wildman–Crippen LogP) is 0.570. The van der Waals surface area contributed by atoms with Crippen LogP contribution in [0.3, 0.4) is 0 Å². The maximum atomic E-state index is 13.0. The molecule has 2 aliphatic heterocycles. The van der Waals surface area contributed by atoms with E-state index < -0.39 is 5.41 Å². The summed E-state index contributed by atoms with van der Waals surface area (Å²) in [6, 6.07) is 7.71. The molecule has 1 aromatic carbocycles. The van der Waals surface area contributed by atoms with E-state index in [-0.39, 0.29) is 17.9 Å². The number of carbonyl (C=O) groups excluding carboxylic acids is 2. The van der Waals surface area contributed by atoms with Crippen molar-refractivity contribution in [2.45, 2.75) is 24.3 Å². The van der Waals surface area contributed by atoms with Gasteiger partial charge in [-0.2, -0.15) is 0 Å². The lowest BCUT2D eigenvalue weighted by Gasteiger charge is -2.38. The zero-order valence-corrected chi connectivity index (χ0v) is 12.7. The van der Waals surface area contributed by atoms with Crippen molar-refractivity contribution in [3.8, 4) is 0 Å². The molecule has 2 atom stereocenters. The summed E-state index contributed by atoms with van der Waals surface area (Å²) in [5.41, 5.74) is 1.56. The molecule has 116 valence electrons. The Morgan fingerprint density at radius 1 is 1.18 bits per heavy atom. The highest BCUT2D eigenvalue weighted by molar-refractivity contribution is 6.12. The third-order valence-electron chi connectivity index (χ3n) is 5.42. The first kappa shape index (κ1) is 13.9. The van der Waals surface area contributed by atoms with Gasteiger partial charge in [0.05, 0.1) is 18.6 Å². The minimum atomic E-state index is -0.695. The second kappa shape index (κ2) is 4.89. The number of fused-ring (bicyclic) bond motifs is 2. The van der Waals surface area contributed by atoms with E-state index in [2.05, 4.69) is 11.0 Å². The quantitative estimate of drug-likeness (QED) is 0.712. The number of aryl methyl sites for hydroxylation is 1. The molecule has 3 aliphatic rings. The molecular weight excluding hydrogens is 280 g/mol. The molecule has 0 radical (unpaired) electrons. The van der Waals surface area contributed by atoms with Gasteiger partial charge in [-0.25, -0.2) is 0 Å². The smallest absolute Gasteiger partial charge is 0.247 e. The van der Waals surface area contributed by atoms with Crippen LogP contribution in [0.25, 0.3) is 0 Å². The van der Waals surface area contributed by atoms with Crippen LogP contribution < -0.4 is 0 Å². The van der Waals surface area contributed by atoms with Crippen LogP contribution in [0.1, 0.15) is 17.5 Å². The molecule has 1 aromatic rings. The first-order valence-electron chi connectivity index (χ1n) is 7.88. The minimum absolute atomic E-state index is 0.0426. The van der Waals surface area contributed by atoms with Crippen LogP contribution in [0.5, 0.6) is 0 Å². The van der Waals surface area contributed by atoms with Crippen LogP contribution in [0.2, 0.25) is 0 Å². The highest BCUT2D eigenvalue weighted by atomic mass is 16.5. The van der Waals surface area contributed by atoms with Crippen LogP contribution >= 0.6 is 0 Å². The summed E-state index contributed by atoms with van der Waals surface area (Å²) in [6.45, 7) is 2.67. The summed E-state index contributed by atoms with van der Waals surface area (Å²) in [5.74, 6) is -0.109. The number of likely N-dealkylation sites (N-methyl/N-ethyl adjacent to an activating group) is 1. The van der Waals surface area contributed by atoms with Gasteiger partial charge in [-0.15, -0.1) is 0 Å². The van der Waals surface area contributed by atoms with Gasteiger partial charge in [0, 0.05) is 20.1 Å². The molecule has 2 saturated heterocycles. The Labute approximate surface area is 129 Å². The van der Waals surface area contributed by atoms with Crippen LogP contribution in [0, 0.1) is 0 Å². The van der Waals surface area contributed by atoms with E-state index in [0.29, 0.717) is 26.3 Å². The fourth-order valence-corrected chi connectivity index (χ4v) is 4.36. The standard InChI is InChI=1S/C17H20N2O3/c1-18-15(20)14(19-8-10-22-11-9-19)17(16(18)21)7-6-12-4-2-3-5-13(12)17/h2-5,14H,6-11H2,1H3. The summed E-state index contributed by atoms with van der Waals surface area (Å²) >= 11 is 0. The highest BCUT2D eigenvalue weighted by Crippen LogP contribution is 2.48. The normalized spacial score (nSPS) is 32.0. The number of likely N-dealkylation sites (tertiary alicyclic amines) is 1. The van der Waals surface area contributed by atoms with Crippen molar-refractivity contribution in [3.05, 3.63) is 35.4 Å². The Morgan fingerprint density at radius 2 is 1.91 bits per heavy atom. The summed E-state index contributed by atoms with van der Waals surface area (Å²) in [6.07, 6.45) is 1.59. The molecule has 5 heteroatoms. The SMILES string of the molecule is CN1C(=O)C(N2CCOCC2)C2(CCc3ccccc32)C1=O. The van der Waals surface area contributed by atoms with Crippen LogP contribution in [0.4, 0.5) is 0 Å². The molecule has 0 saturated carbocycles. The number of morpholine rings is 1. The molecule has 2 unspecified atom stereocenters. The second-order valence-electron chi connectivity index (χ2n) is 6.38. The number of ether oxygens (including phenoxy) is 1. The van der Waals surface area contributed by atoms with Gasteiger partial charge in [0.2, 0.25) is 11.8 Å². The topological polar surface area (TPSA) is 49.9 Å². The first-order chi connectivity index (χ1) is 10.7. The van der Waals surface area contributed by atoms with Gasteiger partial charge in [-0.05, 0) is 24.0 Å². The van der Waals surface area contributed by atoms with E-state index in [1.165, 1.54) is 10.5 Å². The summed E-state index contributed by atoms with van der Waals surface area (Å²) < 4.78 is 5.42. The molecule has 2 amide bonds. The molecule has 2 fully saturated rings.